The zero-order valence-electron chi connectivity index (χ0n) is 23.3. The van der Waals surface area contributed by atoms with E-state index in [1.54, 1.807) is 48.5 Å². The predicted molar refractivity (Wildman–Crippen MR) is 177 cm³/mol. The van der Waals surface area contributed by atoms with E-state index in [-0.39, 0.29) is 23.1 Å². The molecule has 0 atom stereocenters. The Bertz CT molecular complexity index is 2330. The number of carbonyl (C=O) groups is 2. The van der Waals surface area contributed by atoms with E-state index in [9.17, 15) is 19.8 Å². The Morgan fingerprint density at radius 3 is 0.795 bits per heavy atom. The van der Waals surface area contributed by atoms with Crippen LogP contribution in [0.2, 0.25) is 0 Å². The van der Waals surface area contributed by atoms with Crippen LogP contribution < -0.4 is 0 Å². The molecule has 0 heterocycles. The molecule has 206 valence electrons. The summed E-state index contributed by atoms with van der Waals surface area (Å²) in [5.41, 5.74) is 2.19. The minimum Gasteiger partial charge on any atom is -0.508 e. The van der Waals surface area contributed by atoms with E-state index in [2.05, 4.69) is 0 Å². The van der Waals surface area contributed by atoms with Gasteiger partial charge in [0, 0.05) is 22.3 Å². The molecule has 0 aromatic heterocycles. The first-order chi connectivity index (χ1) is 21.4. The number of benzene rings is 9. The summed E-state index contributed by atoms with van der Waals surface area (Å²) in [6.45, 7) is 0. The molecule has 0 aliphatic carbocycles. The Hall–Kier alpha value is -6.00. The van der Waals surface area contributed by atoms with Crippen LogP contribution in [-0.4, -0.2) is 21.8 Å². The lowest BCUT2D eigenvalue weighted by molar-refractivity contribution is 0.102. The second-order valence-electron chi connectivity index (χ2n) is 11.6. The third kappa shape index (κ3) is 3.52. The van der Waals surface area contributed by atoms with E-state index in [4.69, 9.17) is 0 Å². The fourth-order valence-electron chi connectivity index (χ4n) is 7.01. The second kappa shape index (κ2) is 8.76. The van der Waals surface area contributed by atoms with Gasteiger partial charge in [-0.2, -0.15) is 0 Å². The summed E-state index contributed by atoms with van der Waals surface area (Å²) in [5.74, 6) is 0.243. The standard InChI is InChI=1S/C40H22O4/c41-33-17-27-9-5-23-13-31(14-24-6-10-28(18-33)37(27)35(23)24)39(43)21-1-2-22(4-3-21)40(44)32-15-25-7-11-29-19-34(42)20-30-12-8-26(16-32)36(25)38(29)30/h1-20,41-42H. The molecule has 0 saturated heterocycles. The van der Waals surface area contributed by atoms with Crippen LogP contribution >= 0.6 is 0 Å². The van der Waals surface area contributed by atoms with Crippen molar-refractivity contribution < 1.29 is 19.8 Å². The number of hydrogen-bond donors (Lipinski definition) is 2. The topological polar surface area (TPSA) is 74.6 Å². The molecule has 4 heteroatoms. The van der Waals surface area contributed by atoms with Gasteiger partial charge in [-0.25, -0.2) is 0 Å². The van der Waals surface area contributed by atoms with E-state index < -0.39 is 0 Å². The summed E-state index contributed by atoms with van der Waals surface area (Å²) in [4.78, 5) is 27.3. The summed E-state index contributed by atoms with van der Waals surface area (Å²) >= 11 is 0. The van der Waals surface area contributed by atoms with E-state index >= 15 is 0 Å². The average molecular weight is 567 g/mol. The zero-order chi connectivity index (χ0) is 29.7. The molecule has 0 bridgehead atoms. The quantitative estimate of drug-likeness (QED) is 0.164. The molecule has 4 nitrogen and oxygen atoms in total. The maximum Gasteiger partial charge on any atom is 0.193 e. The van der Waals surface area contributed by atoms with Gasteiger partial charge in [-0.05, 0) is 113 Å². The molecular weight excluding hydrogens is 544 g/mol. The van der Waals surface area contributed by atoms with Crippen molar-refractivity contribution >= 4 is 76.2 Å². The number of phenols is 2. The van der Waals surface area contributed by atoms with Crippen molar-refractivity contribution in [1.82, 2.24) is 0 Å². The van der Waals surface area contributed by atoms with Crippen molar-refractivity contribution in [2.24, 2.45) is 0 Å². The fraction of sp³-hybridized carbons (Fsp3) is 0. The third-order valence-corrected chi connectivity index (χ3v) is 8.97. The first kappa shape index (κ1) is 24.6. The SMILES string of the molecule is O=C(c1ccc(C(=O)c2cc3ccc4cc(O)cc5ccc(c2)c3c45)cc1)c1cc2ccc3cc(O)cc4ccc(c1)c2c34. The molecule has 44 heavy (non-hydrogen) atoms. The van der Waals surface area contributed by atoms with Crippen molar-refractivity contribution in [3.8, 4) is 11.5 Å². The average Bonchev–Trinajstić information content (AvgIpc) is 3.04. The summed E-state index contributed by atoms with van der Waals surface area (Å²) in [7, 11) is 0. The van der Waals surface area contributed by atoms with E-state index in [1.165, 1.54) is 0 Å². The van der Waals surface area contributed by atoms with Gasteiger partial charge in [0.25, 0.3) is 0 Å². The molecule has 2 N–H and O–H groups in total. The largest absolute Gasteiger partial charge is 0.508 e. The van der Waals surface area contributed by atoms with Crippen molar-refractivity contribution in [1.29, 1.82) is 0 Å². The molecule has 0 spiro atoms. The molecule has 0 aliphatic rings. The number of ketones is 2. The molecular formula is C40H22O4. The number of rotatable bonds is 4. The third-order valence-electron chi connectivity index (χ3n) is 8.97. The summed E-state index contributed by atoms with van der Waals surface area (Å²) < 4.78 is 0. The Balaban J connectivity index is 1.07. The highest BCUT2D eigenvalue weighted by Gasteiger charge is 2.18. The van der Waals surface area contributed by atoms with E-state index in [0.29, 0.717) is 22.3 Å². The first-order valence-corrected chi connectivity index (χ1v) is 14.4. The summed E-state index contributed by atoms with van der Waals surface area (Å²) in [5, 5.41) is 32.2. The van der Waals surface area contributed by atoms with Gasteiger partial charge in [0.1, 0.15) is 11.5 Å². The second-order valence-corrected chi connectivity index (χ2v) is 11.6. The molecule has 9 aromatic carbocycles. The molecule has 0 radical (unpaired) electrons. The van der Waals surface area contributed by atoms with Crippen molar-refractivity contribution in [2.75, 3.05) is 0 Å². The molecule has 9 rings (SSSR count). The van der Waals surface area contributed by atoms with Gasteiger partial charge in [-0.15, -0.1) is 0 Å². The van der Waals surface area contributed by atoms with Crippen LogP contribution in [0.1, 0.15) is 31.8 Å². The van der Waals surface area contributed by atoms with E-state index in [1.807, 2.05) is 72.8 Å². The Kier molecular flexibility index (Phi) is 4.89. The normalized spacial score (nSPS) is 12.0. The molecule has 0 amide bonds. The van der Waals surface area contributed by atoms with Crippen LogP contribution in [0.5, 0.6) is 11.5 Å². The lowest BCUT2D eigenvalue weighted by Crippen LogP contribution is -2.05. The van der Waals surface area contributed by atoms with Crippen LogP contribution in [0, 0.1) is 0 Å². The Labute approximate surface area is 250 Å². The smallest absolute Gasteiger partial charge is 0.193 e. The maximum absolute atomic E-state index is 13.6. The lowest BCUT2D eigenvalue weighted by Gasteiger charge is -2.13. The van der Waals surface area contributed by atoms with Gasteiger partial charge in [0.2, 0.25) is 0 Å². The van der Waals surface area contributed by atoms with Gasteiger partial charge in [0.05, 0.1) is 0 Å². The number of carbonyl (C=O) groups excluding carboxylic acids is 2. The zero-order valence-corrected chi connectivity index (χ0v) is 23.3. The van der Waals surface area contributed by atoms with Gasteiger partial charge in [-0.3, -0.25) is 9.59 Å². The summed E-state index contributed by atoms with van der Waals surface area (Å²) in [6.07, 6.45) is 0. The van der Waals surface area contributed by atoms with Crippen molar-refractivity contribution in [3.63, 3.8) is 0 Å². The molecule has 0 aliphatic heterocycles. The number of phenolic OH excluding ortho intramolecular Hbond substituents is 2. The molecule has 0 unspecified atom stereocenters. The fourth-order valence-corrected chi connectivity index (χ4v) is 7.01. The van der Waals surface area contributed by atoms with Crippen LogP contribution in [-0.2, 0) is 0 Å². The van der Waals surface area contributed by atoms with E-state index in [0.717, 1.165) is 64.6 Å². The monoisotopic (exact) mass is 566 g/mol. The van der Waals surface area contributed by atoms with Gasteiger partial charge < -0.3 is 10.2 Å². The van der Waals surface area contributed by atoms with Crippen LogP contribution in [0.4, 0.5) is 0 Å². The van der Waals surface area contributed by atoms with Crippen LogP contribution in [0.25, 0.3) is 64.6 Å². The molecule has 0 fully saturated rings. The highest BCUT2D eigenvalue weighted by molar-refractivity contribution is 6.26. The molecule has 0 saturated carbocycles. The summed E-state index contributed by atoms with van der Waals surface area (Å²) in [6, 6.07) is 37.4. The minimum atomic E-state index is -0.110. The number of aromatic hydroxyl groups is 2. The van der Waals surface area contributed by atoms with Gasteiger partial charge >= 0.3 is 0 Å². The number of hydrogen-bond acceptors (Lipinski definition) is 4. The van der Waals surface area contributed by atoms with Crippen molar-refractivity contribution in [2.45, 2.75) is 0 Å². The lowest BCUT2D eigenvalue weighted by atomic mass is 9.90. The van der Waals surface area contributed by atoms with Crippen LogP contribution in [0.3, 0.4) is 0 Å². The van der Waals surface area contributed by atoms with Crippen molar-refractivity contribution in [3.05, 3.63) is 144 Å². The van der Waals surface area contributed by atoms with Gasteiger partial charge in [0.15, 0.2) is 11.6 Å². The Morgan fingerprint density at radius 1 is 0.318 bits per heavy atom. The molecule has 9 aromatic rings. The van der Waals surface area contributed by atoms with Gasteiger partial charge in [-0.1, -0.05) is 72.8 Å². The first-order valence-electron chi connectivity index (χ1n) is 14.4. The predicted octanol–water partition coefficient (Wildman–Crippen LogP) is 9.35. The highest BCUT2D eigenvalue weighted by Crippen LogP contribution is 2.39. The van der Waals surface area contributed by atoms with Crippen LogP contribution in [0.15, 0.2) is 121 Å². The maximum atomic E-state index is 13.6. The minimum absolute atomic E-state index is 0.110. The Morgan fingerprint density at radius 2 is 0.545 bits per heavy atom. The highest BCUT2D eigenvalue weighted by atomic mass is 16.3.